The molecule has 0 amide bonds. The van der Waals surface area contributed by atoms with E-state index in [-0.39, 0.29) is 0 Å². The van der Waals surface area contributed by atoms with Crippen molar-refractivity contribution < 1.29 is 4.52 Å². The summed E-state index contributed by atoms with van der Waals surface area (Å²) < 4.78 is 5.31. The minimum Gasteiger partial charge on any atom is -0.333 e. The van der Waals surface area contributed by atoms with Crippen LogP contribution in [-0.4, -0.2) is 15.1 Å². The van der Waals surface area contributed by atoms with Crippen LogP contribution >= 0.6 is 22.9 Å². The highest BCUT2D eigenvalue weighted by Crippen LogP contribution is 2.30. The molecule has 2 N–H and O–H groups in total. The predicted molar refractivity (Wildman–Crippen MR) is 78.5 cm³/mol. The van der Waals surface area contributed by atoms with Gasteiger partial charge in [-0.15, -0.1) is 11.3 Å². The lowest BCUT2D eigenvalue weighted by Gasteiger charge is -1.93. The first-order valence-electron chi connectivity index (χ1n) is 5.94. The fourth-order valence-electron chi connectivity index (χ4n) is 1.77. The van der Waals surface area contributed by atoms with Gasteiger partial charge in [0.1, 0.15) is 9.88 Å². The molecule has 0 aliphatic rings. The van der Waals surface area contributed by atoms with Crippen LogP contribution in [0.5, 0.6) is 0 Å². The van der Waals surface area contributed by atoms with E-state index in [1.54, 1.807) is 12.1 Å². The van der Waals surface area contributed by atoms with E-state index in [0.29, 0.717) is 23.3 Å². The highest BCUT2D eigenvalue weighted by atomic mass is 35.5. The first-order valence-corrected chi connectivity index (χ1v) is 7.13. The van der Waals surface area contributed by atoms with E-state index >= 15 is 0 Å². The van der Waals surface area contributed by atoms with Gasteiger partial charge in [-0.25, -0.2) is 4.98 Å². The Kier molecular flexibility index (Phi) is 3.52. The Labute approximate surface area is 124 Å². The zero-order chi connectivity index (χ0) is 14.1. The van der Waals surface area contributed by atoms with Gasteiger partial charge in [0.2, 0.25) is 5.82 Å². The molecular weight excluding hydrogens is 296 g/mol. The highest BCUT2D eigenvalue weighted by Gasteiger charge is 2.16. The van der Waals surface area contributed by atoms with Gasteiger partial charge in [-0.1, -0.05) is 16.8 Å². The number of hydrogen-bond donors (Lipinski definition) is 1. The van der Waals surface area contributed by atoms with Crippen molar-refractivity contribution in [3.63, 3.8) is 0 Å². The minimum absolute atomic E-state index is 0.406. The summed E-state index contributed by atoms with van der Waals surface area (Å²) in [6.07, 6.45) is 0. The molecule has 3 rings (SSSR count). The Balaban J connectivity index is 1.97. The Morgan fingerprint density at radius 1 is 1.25 bits per heavy atom. The summed E-state index contributed by atoms with van der Waals surface area (Å²) in [7, 11) is 0. The normalized spacial score (nSPS) is 10.9. The molecule has 0 saturated carbocycles. The van der Waals surface area contributed by atoms with Gasteiger partial charge in [-0.05, 0) is 31.2 Å². The molecule has 7 heteroatoms. The SMILES string of the molecule is Cc1nc(CN)sc1-c1nc(-c2ccc(Cl)cc2)no1. The fourth-order valence-corrected chi connectivity index (χ4v) is 2.76. The molecule has 0 radical (unpaired) electrons. The molecule has 0 bridgehead atoms. The van der Waals surface area contributed by atoms with Crippen LogP contribution in [0, 0.1) is 6.92 Å². The van der Waals surface area contributed by atoms with Crippen molar-refractivity contribution in [2.45, 2.75) is 13.5 Å². The van der Waals surface area contributed by atoms with Crippen LogP contribution in [0.4, 0.5) is 0 Å². The van der Waals surface area contributed by atoms with Crippen molar-refractivity contribution in [2.75, 3.05) is 0 Å². The Hall–Kier alpha value is -1.76. The Bertz CT molecular complexity index is 735. The van der Waals surface area contributed by atoms with Crippen molar-refractivity contribution in [1.82, 2.24) is 15.1 Å². The lowest BCUT2D eigenvalue weighted by molar-refractivity contribution is 0.433. The van der Waals surface area contributed by atoms with Gasteiger partial charge in [-0.2, -0.15) is 4.98 Å². The molecule has 0 aliphatic carbocycles. The van der Waals surface area contributed by atoms with E-state index in [1.807, 2.05) is 19.1 Å². The first-order chi connectivity index (χ1) is 9.67. The lowest BCUT2D eigenvalue weighted by Crippen LogP contribution is -1.94. The number of aryl methyl sites for hydroxylation is 1. The smallest absolute Gasteiger partial charge is 0.270 e. The molecule has 20 heavy (non-hydrogen) atoms. The Morgan fingerprint density at radius 2 is 2.00 bits per heavy atom. The van der Waals surface area contributed by atoms with Crippen molar-refractivity contribution in [3.8, 4) is 22.2 Å². The number of halogens is 1. The second kappa shape index (κ2) is 5.32. The topological polar surface area (TPSA) is 77.8 Å². The van der Waals surface area contributed by atoms with Crippen molar-refractivity contribution in [3.05, 3.63) is 40.0 Å². The molecule has 0 aliphatic heterocycles. The summed E-state index contributed by atoms with van der Waals surface area (Å²) in [5, 5.41) is 5.51. The number of benzene rings is 1. The number of nitrogens with two attached hydrogens (primary N) is 1. The van der Waals surface area contributed by atoms with Crippen molar-refractivity contribution in [2.24, 2.45) is 5.73 Å². The number of thiazole rings is 1. The van der Waals surface area contributed by atoms with Gasteiger partial charge in [0, 0.05) is 17.1 Å². The average molecular weight is 307 g/mol. The molecule has 0 unspecified atom stereocenters. The maximum Gasteiger partial charge on any atom is 0.270 e. The van der Waals surface area contributed by atoms with Crippen LogP contribution in [0.2, 0.25) is 5.02 Å². The molecule has 0 atom stereocenters. The van der Waals surface area contributed by atoms with Gasteiger partial charge >= 0.3 is 0 Å². The zero-order valence-corrected chi connectivity index (χ0v) is 12.2. The first kappa shape index (κ1) is 13.2. The van der Waals surface area contributed by atoms with Gasteiger partial charge in [-0.3, -0.25) is 0 Å². The van der Waals surface area contributed by atoms with Crippen molar-refractivity contribution in [1.29, 1.82) is 0 Å². The largest absolute Gasteiger partial charge is 0.333 e. The van der Waals surface area contributed by atoms with Crippen LogP contribution in [0.25, 0.3) is 22.2 Å². The third-order valence-corrected chi connectivity index (χ3v) is 4.16. The molecule has 1 aromatic carbocycles. The van der Waals surface area contributed by atoms with Crippen LogP contribution in [0.1, 0.15) is 10.7 Å². The number of rotatable bonds is 3. The standard InChI is InChI=1S/C13H11ClN4OS/c1-7-11(20-10(6-15)16-7)13-17-12(18-19-13)8-2-4-9(14)5-3-8/h2-5H,6,15H2,1H3. The maximum atomic E-state index is 5.86. The average Bonchev–Trinajstić information content (AvgIpc) is 3.06. The van der Waals surface area contributed by atoms with Crippen LogP contribution in [0.15, 0.2) is 28.8 Å². The quantitative estimate of drug-likeness (QED) is 0.803. The summed E-state index contributed by atoms with van der Waals surface area (Å²) in [6, 6.07) is 7.28. The molecule has 102 valence electrons. The molecule has 0 saturated heterocycles. The second-order valence-corrected chi connectivity index (χ2v) is 5.68. The summed E-state index contributed by atoms with van der Waals surface area (Å²) >= 11 is 7.33. The van der Waals surface area contributed by atoms with Crippen molar-refractivity contribution >= 4 is 22.9 Å². The van der Waals surface area contributed by atoms with E-state index < -0.39 is 0 Å². The monoisotopic (exact) mass is 306 g/mol. The summed E-state index contributed by atoms with van der Waals surface area (Å²) in [6.45, 7) is 2.31. The summed E-state index contributed by atoms with van der Waals surface area (Å²) in [4.78, 5) is 9.60. The summed E-state index contributed by atoms with van der Waals surface area (Å²) in [5.74, 6) is 0.989. The molecule has 5 nitrogen and oxygen atoms in total. The van der Waals surface area contributed by atoms with E-state index in [4.69, 9.17) is 21.9 Å². The van der Waals surface area contributed by atoms with Gasteiger partial charge in [0.25, 0.3) is 5.89 Å². The molecule has 2 heterocycles. The van der Waals surface area contributed by atoms with Gasteiger partial charge in [0.15, 0.2) is 0 Å². The number of nitrogens with zero attached hydrogens (tertiary/aromatic N) is 3. The fraction of sp³-hybridized carbons (Fsp3) is 0.154. The highest BCUT2D eigenvalue weighted by molar-refractivity contribution is 7.15. The molecule has 0 fully saturated rings. The third-order valence-electron chi connectivity index (χ3n) is 2.74. The second-order valence-electron chi connectivity index (χ2n) is 4.16. The molecule has 0 spiro atoms. The van der Waals surface area contributed by atoms with Crippen LogP contribution < -0.4 is 5.73 Å². The predicted octanol–water partition coefficient (Wildman–Crippen LogP) is 3.28. The van der Waals surface area contributed by atoms with Gasteiger partial charge < -0.3 is 10.3 Å². The molecule has 3 aromatic rings. The summed E-state index contributed by atoms with van der Waals surface area (Å²) in [5.41, 5.74) is 7.29. The number of aromatic nitrogens is 3. The molecule has 2 aromatic heterocycles. The van der Waals surface area contributed by atoms with E-state index in [9.17, 15) is 0 Å². The zero-order valence-electron chi connectivity index (χ0n) is 10.6. The van der Waals surface area contributed by atoms with E-state index in [1.165, 1.54) is 11.3 Å². The number of hydrogen-bond acceptors (Lipinski definition) is 6. The third kappa shape index (κ3) is 2.45. The minimum atomic E-state index is 0.406. The Morgan fingerprint density at radius 3 is 2.65 bits per heavy atom. The molecular formula is C13H11ClN4OS. The van der Waals surface area contributed by atoms with Crippen LogP contribution in [0.3, 0.4) is 0 Å². The van der Waals surface area contributed by atoms with Crippen LogP contribution in [-0.2, 0) is 6.54 Å². The van der Waals surface area contributed by atoms with E-state index in [2.05, 4.69) is 15.1 Å². The maximum absolute atomic E-state index is 5.86. The lowest BCUT2D eigenvalue weighted by atomic mass is 10.2. The van der Waals surface area contributed by atoms with E-state index in [0.717, 1.165) is 21.1 Å². The van der Waals surface area contributed by atoms with Gasteiger partial charge in [0.05, 0.1) is 5.69 Å².